The van der Waals surface area contributed by atoms with Gasteiger partial charge in [-0.3, -0.25) is 0 Å². The van der Waals surface area contributed by atoms with Crippen molar-refractivity contribution in [2.45, 2.75) is 11.1 Å². The van der Waals surface area contributed by atoms with Gasteiger partial charge in [0.2, 0.25) is 0 Å². The normalized spacial score (nSPS) is 11.6. The second-order valence-electron chi connectivity index (χ2n) is 4.25. The summed E-state index contributed by atoms with van der Waals surface area (Å²) in [5.74, 6) is 1.12. The zero-order chi connectivity index (χ0) is 16.9. The van der Waals surface area contributed by atoms with Crippen molar-refractivity contribution in [1.29, 1.82) is 0 Å². The van der Waals surface area contributed by atoms with Crippen LogP contribution >= 0.6 is 27.3 Å². The van der Waals surface area contributed by atoms with Crippen molar-refractivity contribution in [1.82, 2.24) is 4.83 Å². The lowest BCUT2D eigenvalue weighted by Gasteiger charge is -2.11. The summed E-state index contributed by atoms with van der Waals surface area (Å²) >= 11 is 4.51. The molecule has 0 unspecified atom stereocenters. The third-order valence-electron chi connectivity index (χ3n) is 2.68. The fourth-order valence-electron chi connectivity index (χ4n) is 1.76. The summed E-state index contributed by atoms with van der Waals surface area (Å²) in [6, 6.07) is 6.65. The van der Waals surface area contributed by atoms with E-state index in [1.165, 1.54) is 12.3 Å². The van der Waals surface area contributed by atoms with Gasteiger partial charge in [-0.15, -0.1) is 11.3 Å². The van der Waals surface area contributed by atoms with Crippen LogP contribution in [0.25, 0.3) is 0 Å². The smallest absolute Gasteiger partial charge is 0.286 e. The molecule has 0 saturated carbocycles. The average Bonchev–Trinajstić information content (AvgIpc) is 3.02. The average molecular weight is 419 g/mol. The largest absolute Gasteiger partial charge is 0.492 e. The van der Waals surface area contributed by atoms with Crippen LogP contribution in [-0.2, 0) is 10.0 Å². The predicted octanol–water partition coefficient (Wildman–Crippen LogP) is 3.23. The van der Waals surface area contributed by atoms with Crippen LogP contribution in [0.4, 0.5) is 0 Å². The van der Waals surface area contributed by atoms with E-state index >= 15 is 0 Å². The molecule has 0 aliphatic heterocycles. The molecule has 1 aromatic carbocycles. The maximum Gasteiger partial charge on any atom is 0.286 e. The lowest BCUT2D eigenvalue weighted by Crippen LogP contribution is -2.17. The van der Waals surface area contributed by atoms with Crippen molar-refractivity contribution in [3.63, 3.8) is 0 Å². The molecule has 9 heteroatoms. The molecular formula is C14H15BrN2O4S2. The number of halogens is 1. The Hall–Kier alpha value is -1.58. The number of nitrogens with zero attached hydrogens (tertiary/aromatic N) is 1. The highest BCUT2D eigenvalue weighted by Gasteiger charge is 2.14. The Morgan fingerprint density at radius 1 is 1.43 bits per heavy atom. The Morgan fingerprint density at radius 3 is 2.83 bits per heavy atom. The third kappa shape index (κ3) is 4.46. The summed E-state index contributed by atoms with van der Waals surface area (Å²) < 4.78 is 35.6. The maximum absolute atomic E-state index is 12.0. The maximum atomic E-state index is 12.0. The Morgan fingerprint density at radius 2 is 2.22 bits per heavy atom. The summed E-state index contributed by atoms with van der Waals surface area (Å²) in [5.41, 5.74) is 0.662. The second-order valence-corrected chi connectivity index (χ2v) is 7.94. The molecule has 1 heterocycles. The van der Waals surface area contributed by atoms with Crippen molar-refractivity contribution >= 4 is 43.5 Å². The highest BCUT2D eigenvalue weighted by atomic mass is 79.9. The summed E-state index contributed by atoms with van der Waals surface area (Å²) in [4.78, 5) is 2.17. The number of hydrazone groups is 1. The summed E-state index contributed by atoms with van der Waals surface area (Å²) in [7, 11) is -2.08. The fraction of sp³-hybridized carbons (Fsp3) is 0.214. The number of benzene rings is 1. The zero-order valence-corrected chi connectivity index (χ0v) is 15.7. The SMILES string of the molecule is CCOc1cc(/C=N/NS(=O)(=O)c2cccs2)cc(Br)c1OC. The third-order valence-corrected chi connectivity index (χ3v) is 5.89. The molecule has 0 amide bonds. The fourth-order valence-corrected chi connectivity index (χ4v) is 4.15. The van der Waals surface area contributed by atoms with Crippen LogP contribution in [0.3, 0.4) is 0 Å². The molecule has 6 nitrogen and oxygen atoms in total. The molecule has 2 aromatic rings. The van der Waals surface area contributed by atoms with E-state index in [0.717, 1.165) is 11.3 Å². The van der Waals surface area contributed by atoms with E-state index in [0.29, 0.717) is 28.1 Å². The van der Waals surface area contributed by atoms with Gasteiger partial charge in [0.25, 0.3) is 10.0 Å². The molecule has 0 saturated heterocycles. The van der Waals surface area contributed by atoms with E-state index in [1.54, 1.807) is 30.7 Å². The molecule has 1 aromatic heterocycles. The van der Waals surface area contributed by atoms with Gasteiger partial charge in [-0.05, 0) is 52.0 Å². The number of nitrogens with one attached hydrogen (secondary N) is 1. The lowest BCUT2D eigenvalue weighted by molar-refractivity contribution is 0.310. The number of rotatable bonds is 7. The van der Waals surface area contributed by atoms with Crippen molar-refractivity contribution < 1.29 is 17.9 Å². The van der Waals surface area contributed by atoms with Crippen LogP contribution in [0.2, 0.25) is 0 Å². The lowest BCUT2D eigenvalue weighted by atomic mass is 10.2. The van der Waals surface area contributed by atoms with Gasteiger partial charge in [-0.1, -0.05) is 6.07 Å². The molecule has 0 radical (unpaired) electrons. The molecule has 0 bridgehead atoms. The molecule has 0 aliphatic carbocycles. The van der Waals surface area contributed by atoms with Crippen LogP contribution in [-0.4, -0.2) is 28.3 Å². The van der Waals surface area contributed by atoms with Crippen LogP contribution in [0.15, 0.2) is 43.4 Å². The van der Waals surface area contributed by atoms with Crippen molar-refractivity contribution in [3.05, 3.63) is 39.7 Å². The quantitative estimate of drug-likeness (QED) is 0.552. The zero-order valence-electron chi connectivity index (χ0n) is 12.4. The second kappa shape index (κ2) is 7.80. The van der Waals surface area contributed by atoms with Crippen molar-refractivity contribution in [2.24, 2.45) is 5.10 Å². The van der Waals surface area contributed by atoms with Gasteiger partial charge >= 0.3 is 0 Å². The minimum atomic E-state index is -3.63. The Balaban J connectivity index is 2.20. The van der Waals surface area contributed by atoms with Gasteiger partial charge in [0.15, 0.2) is 11.5 Å². The van der Waals surface area contributed by atoms with E-state index in [4.69, 9.17) is 9.47 Å². The van der Waals surface area contributed by atoms with E-state index in [2.05, 4.69) is 25.9 Å². The highest BCUT2D eigenvalue weighted by Crippen LogP contribution is 2.36. The number of hydrogen-bond donors (Lipinski definition) is 1. The number of ether oxygens (including phenoxy) is 2. The molecule has 0 aliphatic rings. The van der Waals surface area contributed by atoms with Crippen molar-refractivity contribution in [3.8, 4) is 11.5 Å². The molecule has 1 N–H and O–H groups in total. The molecular weight excluding hydrogens is 404 g/mol. The van der Waals surface area contributed by atoms with Gasteiger partial charge in [-0.25, -0.2) is 0 Å². The van der Waals surface area contributed by atoms with Gasteiger partial charge < -0.3 is 9.47 Å². The Bertz CT molecular complexity index is 789. The molecule has 0 fully saturated rings. The first-order chi connectivity index (χ1) is 11.0. The number of sulfonamides is 1. The topological polar surface area (TPSA) is 77.0 Å². The standard InChI is InChI=1S/C14H15BrN2O4S2/c1-3-21-12-8-10(7-11(15)14(12)20-2)9-16-17-23(18,19)13-5-4-6-22-13/h4-9,17H,3H2,1-2H3/b16-9+. The number of methoxy groups -OCH3 is 1. The number of hydrogen-bond acceptors (Lipinski definition) is 6. The summed E-state index contributed by atoms with van der Waals surface area (Å²) in [6.45, 7) is 2.34. The van der Waals surface area contributed by atoms with Gasteiger partial charge in [0.05, 0.1) is 24.4 Å². The summed E-state index contributed by atoms with van der Waals surface area (Å²) in [5, 5.41) is 5.48. The van der Waals surface area contributed by atoms with E-state index < -0.39 is 10.0 Å². The molecule has 0 atom stereocenters. The van der Waals surface area contributed by atoms with Crippen LogP contribution in [0.5, 0.6) is 11.5 Å². The Labute approximate surface area is 147 Å². The monoisotopic (exact) mass is 418 g/mol. The number of thiophene rings is 1. The Kier molecular flexibility index (Phi) is 6.03. The van der Waals surface area contributed by atoms with E-state index in [-0.39, 0.29) is 4.21 Å². The first-order valence-electron chi connectivity index (χ1n) is 6.56. The molecule has 124 valence electrons. The van der Waals surface area contributed by atoms with Gasteiger partial charge in [-0.2, -0.15) is 18.4 Å². The van der Waals surface area contributed by atoms with Gasteiger partial charge in [0, 0.05) is 0 Å². The summed E-state index contributed by atoms with van der Waals surface area (Å²) in [6.07, 6.45) is 1.40. The van der Waals surface area contributed by atoms with E-state index in [9.17, 15) is 8.42 Å². The molecule has 23 heavy (non-hydrogen) atoms. The predicted molar refractivity (Wildman–Crippen MR) is 94.1 cm³/mol. The van der Waals surface area contributed by atoms with E-state index in [1.807, 2.05) is 6.92 Å². The first kappa shape index (κ1) is 17.8. The highest BCUT2D eigenvalue weighted by molar-refractivity contribution is 9.10. The van der Waals surface area contributed by atoms with Crippen LogP contribution in [0.1, 0.15) is 12.5 Å². The van der Waals surface area contributed by atoms with Crippen LogP contribution < -0.4 is 14.3 Å². The van der Waals surface area contributed by atoms with Gasteiger partial charge in [0.1, 0.15) is 4.21 Å². The molecule has 0 spiro atoms. The minimum absolute atomic E-state index is 0.209. The minimum Gasteiger partial charge on any atom is -0.492 e. The first-order valence-corrected chi connectivity index (χ1v) is 9.72. The molecule has 2 rings (SSSR count). The van der Waals surface area contributed by atoms with Crippen molar-refractivity contribution in [2.75, 3.05) is 13.7 Å². The van der Waals surface area contributed by atoms with Crippen LogP contribution in [0, 0.1) is 0 Å².